The maximum absolute atomic E-state index is 15.1. The number of nitrogens with zero attached hydrogens (tertiary/aromatic N) is 2. The van der Waals surface area contributed by atoms with Gasteiger partial charge in [0.15, 0.2) is 6.17 Å². The Balaban J connectivity index is 3.32. The van der Waals surface area contributed by atoms with Gasteiger partial charge < -0.3 is 4.55 Å². The normalized spacial score (nSPS) is 15.6. The van der Waals surface area contributed by atoms with Gasteiger partial charge in [-0.05, 0) is 48.0 Å². The first-order valence-corrected chi connectivity index (χ1v) is 13.0. The van der Waals surface area contributed by atoms with Crippen LogP contribution in [0.5, 0.6) is 0 Å². The minimum absolute atomic E-state index is 0.286. The molecule has 2 atom stereocenters. The Morgan fingerprint density at radius 1 is 1.32 bits per heavy atom. The van der Waals surface area contributed by atoms with E-state index in [-0.39, 0.29) is 5.69 Å². The van der Waals surface area contributed by atoms with Gasteiger partial charge in [-0.1, -0.05) is 43.3 Å². The van der Waals surface area contributed by atoms with E-state index < -0.39 is 36.2 Å². The lowest BCUT2D eigenvalue weighted by atomic mass is 10.2. The Morgan fingerprint density at radius 2 is 1.84 bits per heavy atom. The average Bonchev–Trinajstić information content (AvgIpc) is 2.56. The van der Waals surface area contributed by atoms with E-state index in [1.165, 1.54) is 0 Å². The first kappa shape index (κ1) is 22.7. The number of hydrogen-bond donors (Lipinski definition) is 0. The van der Waals surface area contributed by atoms with Crippen LogP contribution in [-0.2, 0) is 11.4 Å². The van der Waals surface area contributed by atoms with Crippen LogP contribution in [0.15, 0.2) is 15.1 Å². The third-order valence-electron chi connectivity index (χ3n) is 4.63. The summed E-state index contributed by atoms with van der Waals surface area (Å²) >= 11 is 1.69. The molecule has 3 nitrogen and oxygen atoms in total. The van der Waals surface area contributed by atoms with Crippen molar-refractivity contribution in [1.29, 1.82) is 0 Å². The summed E-state index contributed by atoms with van der Waals surface area (Å²) in [4.78, 5) is 3.99. The summed E-state index contributed by atoms with van der Waals surface area (Å²) in [6.45, 7) is 11.4. The zero-order valence-electron chi connectivity index (χ0n) is 15.7. The molecule has 0 spiro atoms. The molecular formula is C17H27BrF2N2OSSi. The first-order valence-electron chi connectivity index (χ1n) is 8.49. The highest BCUT2D eigenvalue weighted by Gasteiger charge is 2.35. The van der Waals surface area contributed by atoms with Gasteiger partial charge in [0.2, 0.25) is 0 Å². The molecule has 0 bridgehead atoms. The number of halogens is 3. The summed E-state index contributed by atoms with van der Waals surface area (Å²) in [5.41, 5.74) is -0.286. The van der Waals surface area contributed by atoms with Crippen molar-refractivity contribution >= 4 is 46.8 Å². The molecule has 1 rings (SSSR count). The third-order valence-corrected chi connectivity index (χ3v) is 12.0. The molecule has 0 aromatic carbocycles. The Labute approximate surface area is 162 Å². The molecule has 0 aliphatic heterocycles. The highest BCUT2D eigenvalue weighted by Crippen LogP contribution is 2.27. The second-order valence-corrected chi connectivity index (χ2v) is 15.0. The smallest absolute Gasteiger partial charge is 0.184 e. The first-order chi connectivity index (χ1) is 11.5. The van der Waals surface area contributed by atoms with Crippen LogP contribution in [0.1, 0.15) is 53.4 Å². The van der Waals surface area contributed by atoms with E-state index >= 15 is 4.39 Å². The maximum atomic E-state index is 15.1. The summed E-state index contributed by atoms with van der Waals surface area (Å²) < 4.78 is 45.2. The van der Waals surface area contributed by atoms with Crippen LogP contribution in [0.25, 0.3) is 0 Å². The molecule has 1 aromatic rings. The summed E-state index contributed by atoms with van der Waals surface area (Å²) in [6, 6.07) is 4.34. The van der Waals surface area contributed by atoms with Crippen LogP contribution in [0.3, 0.4) is 0 Å². The number of aromatic nitrogens is 1. The molecule has 0 aliphatic rings. The van der Waals surface area contributed by atoms with E-state index in [0.717, 1.165) is 24.3 Å². The predicted octanol–water partition coefficient (Wildman–Crippen LogP) is 5.24. The Morgan fingerprint density at radius 3 is 2.28 bits per heavy atom. The van der Waals surface area contributed by atoms with Gasteiger partial charge in [-0.15, -0.1) is 0 Å². The molecule has 1 aromatic heterocycles. The van der Waals surface area contributed by atoms with Crippen LogP contribution < -0.4 is 5.19 Å². The monoisotopic (exact) mass is 452 g/mol. The standard InChI is InChI=1S/C17H27BrF2N2OSSi/c1-7-25(8-2,9-3)13-10-14(18)22-16(15(13)20)12(19)11-21-24(23)17(4,5)6/h10-12H,7-9H2,1-6H3. The van der Waals surface area contributed by atoms with Crippen LogP contribution in [-0.4, -0.2) is 28.6 Å². The molecule has 1 heterocycles. The molecule has 142 valence electrons. The average molecular weight is 453 g/mol. The van der Waals surface area contributed by atoms with E-state index in [4.69, 9.17) is 0 Å². The van der Waals surface area contributed by atoms with Gasteiger partial charge in [0.05, 0.1) is 14.3 Å². The van der Waals surface area contributed by atoms with Gasteiger partial charge in [0, 0.05) is 0 Å². The Kier molecular flexibility index (Phi) is 8.23. The molecule has 25 heavy (non-hydrogen) atoms. The summed E-state index contributed by atoms with van der Waals surface area (Å²) in [5.74, 6) is -0.582. The molecule has 0 amide bonds. The molecule has 8 heteroatoms. The largest absolute Gasteiger partial charge is 0.591 e. The summed E-state index contributed by atoms with van der Waals surface area (Å²) in [7, 11) is -2.04. The zero-order valence-corrected chi connectivity index (χ0v) is 19.1. The fourth-order valence-corrected chi connectivity index (χ4v) is 7.59. The van der Waals surface area contributed by atoms with E-state index in [1.54, 1.807) is 26.8 Å². The fourth-order valence-electron chi connectivity index (χ4n) is 2.74. The van der Waals surface area contributed by atoms with Crippen molar-refractivity contribution in [2.75, 3.05) is 0 Å². The van der Waals surface area contributed by atoms with Crippen LogP contribution in [0.4, 0.5) is 8.78 Å². The molecule has 0 fully saturated rings. The van der Waals surface area contributed by atoms with Gasteiger partial charge in [-0.2, -0.15) is 0 Å². The van der Waals surface area contributed by atoms with Crippen molar-refractivity contribution in [3.8, 4) is 0 Å². The van der Waals surface area contributed by atoms with E-state index in [9.17, 15) is 8.94 Å². The topological polar surface area (TPSA) is 48.3 Å². The number of pyridine rings is 1. The van der Waals surface area contributed by atoms with Crippen LogP contribution in [0.2, 0.25) is 18.1 Å². The van der Waals surface area contributed by atoms with Crippen LogP contribution >= 0.6 is 15.9 Å². The molecule has 2 unspecified atom stereocenters. The predicted molar refractivity (Wildman–Crippen MR) is 109 cm³/mol. The minimum Gasteiger partial charge on any atom is -0.591 e. The SMILES string of the molecule is CC[Si](CC)(CC)c1cc(Br)nc(C(F)C=N[S+]([O-])C(C)(C)C)c1F. The number of rotatable bonds is 7. The molecule has 0 aliphatic carbocycles. The molecule has 0 saturated carbocycles. The van der Waals surface area contributed by atoms with E-state index in [2.05, 4.69) is 46.1 Å². The lowest BCUT2D eigenvalue weighted by Crippen LogP contribution is -2.48. The number of hydrogen-bond acceptors (Lipinski definition) is 3. The van der Waals surface area contributed by atoms with Crippen molar-refractivity contribution in [3.63, 3.8) is 0 Å². The summed E-state index contributed by atoms with van der Waals surface area (Å²) in [5, 5.41) is 0.602. The fraction of sp³-hybridized carbons (Fsp3) is 0.647. The van der Waals surface area contributed by atoms with Gasteiger partial charge in [0.1, 0.15) is 32.2 Å². The minimum atomic E-state index is -2.04. The Hall–Kier alpha value is -0.313. The van der Waals surface area contributed by atoms with Crippen molar-refractivity contribution in [3.05, 3.63) is 22.2 Å². The van der Waals surface area contributed by atoms with Crippen LogP contribution in [0, 0.1) is 5.82 Å². The lowest BCUT2D eigenvalue weighted by Gasteiger charge is -2.29. The summed E-state index contributed by atoms with van der Waals surface area (Å²) in [6.07, 6.45) is -0.935. The van der Waals surface area contributed by atoms with Crippen molar-refractivity contribution < 1.29 is 13.3 Å². The molecular weight excluding hydrogens is 426 g/mol. The van der Waals surface area contributed by atoms with Gasteiger partial charge in [-0.3, -0.25) is 0 Å². The van der Waals surface area contributed by atoms with E-state index in [0.29, 0.717) is 9.79 Å². The molecule has 0 saturated heterocycles. The van der Waals surface area contributed by atoms with Crippen molar-refractivity contribution in [2.24, 2.45) is 4.40 Å². The maximum Gasteiger partial charge on any atom is 0.184 e. The third kappa shape index (κ3) is 5.34. The second-order valence-electron chi connectivity index (χ2n) is 7.05. The second kappa shape index (κ2) is 9.06. The lowest BCUT2D eigenvalue weighted by molar-refractivity contribution is 0.418. The van der Waals surface area contributed by atoms with Gasteiger partial charge in [0.25, 0.3) is 0 Å². The zero-order chi connectivity index (χ0) is 19.4. The quantitative estimate of drug-likeness (QED) is 0.245. The molecule has 0 N–H and O–H groups in total. The molecule has 0 radical (unpaired) electrons. The van der Waals surface area contributed by atoms with E-state index in [1.807, 2.05) is 0 Å². The van der Waals surface area contributed by atoms with Gasteiger partial charge in [-0.25, -0.2) is 13.8 Å². The van der Waals surface area contributed by atoms with Gasteiger partial charge >= 0.3 is 0 Å². The highest BCUT2D eigenvalue weighted by molar-refractivity contribution is 9.10. The number of alkyl halides is 1. The highest BCUT2D eigenvalue weighted by atomic mass is 79.9. The Bertz CT molecular complexity index is 613. The van der Waals surface area contributed by atoms with Crippen molar-refractivity contribution in [2.45, 2.75) is 70.6 Å². The van der Waals surface area contributed by atoms with Crippen molar-refractivity contribution in [1.82, 2.24) is 4.98 Å².